The Kier molecular flexibility index (Phi) is 4.21. The molecule has 4 heteroatoms. The molecule has 0 radical (unpaired) electrons. The van der Waals surface area contributed by atoms with E-state index in [9.17, 15) is 4.79 Å². The smallest absolute Gasteiger partial charge is 0.257 e. The summed E-state index contributed by atoms with van der Waals surface area (Å²) in [6.45, 7) is 3.70. The van der Waals surface area contributed by atoms with Crippen molar-refractivity contribution in [3.05, 3.63) is 72.1 Å². The van der Waals surface area contributed by atoms with Crippen LogP contribution in [0.4, 0.5) is 5.69 Å². The molecule has 0 saturated carbocycles. The monoisotopic (exact) mass is 293 g/mol. The fourth-order valence-corrected chi connectivity index (χ4v) is 2.43. The lowest BCUT2D eigenvalue weighted by atomic mass is 10.1. The summed E-state index contributed by atoms with van der Waals surface area (Å²) in [6.07, 6.45) is 3.78. The summed E-state index contributed by atoms with van der Waals surface area (Å²) in [5.41, 5.74) is 3.60. The number of hydrogen-bond acceptors (Lipinski definition) is 2. The highest BCUT2D eigenvalue weighted by atomic mass is 16.1. The molecule has 0 aliphatic heterocycles. The lowest BCUT2D eigenvalue weighted by molar-refractivity contribution is 0.102. The Bertz CT molecular complexity index is 759. The number of carbonyl (C=O) groups is 1. The van der Waals surface area contributed by atoms with Crippen molar-refractivity contribution in [2.45, 2.75) is 13.5 Å². The van der Waals surface area contributed by atoms with E-state index >= 15 is 0 Å². The molecular formula is C18H19N3O. The van der Waals surface area contributed by atoms with E-state index < -0.39 is 0 Å². The van der Waals surface area contributed by atoms with Gasteiger partial charge in [-0.15, -0.1) is 0 Å². The van der Waals surface area contributed by atoms with Crippen LogP contribution in [-0.4, -0.2) is 16.9 Å². The van der Waals surface area contributed by atoms with Crippen molar-refractivity contribution in [2.75, 3.05) is 11.9 Å². The zero-order valence-electron chi connectivity index (χ0n) is 12.5. The maximum atomic E-state index is 12.5. The molecule has 112 valence electrons. The first-order chi connectivity index (χ1) is 10.8. The van der Waals surface area contributed by atoms with E-state index in [4.69, 9.17) is 0 Å². The van der Waals surface area contributed by atoms with Crippen molar-refractivity contribution >= 4 is 17.1 Å². The molecule has 0 aliphatic rings. The van der Waals surface area contributed by atoms with Gasteiger partial charge in [0.25, 0.3) is 5.91 Å². The van der Waals surface area contributed by atoms with E-state index in [1.807, 2.05) is 65.3 Å². The van der Waals surface area contributed by atoms with Gasteiger partial charge in [0.1, 0.15) is 0 Å². The number of pyridine rings is 1. The second-order valence-corrected chi connectivity index (χ2v) is 5.15. The van der Waals surface area contributed by atoms with E-state index in [0.29, 0.717) is 5.56 Å². The standard InChI is InChI=1S/C18H19N3O/c1-2-19-12-14-7-3-4-9-17(14)20-18(22)15-11-16-8-5-6-10-21(16)13-15/h3-11,13,19H,2,12H2,1H3,(H,20,22). The van der Waals surface area contributed by atoms with Crippen molar-refractivity contribution in [3.8, 4) is 0 Å². The van der Waals surface area contributed by atoms with Crippen molar-refractivity contribution in [3.63, 3.8) is 0 Å². The van der Waals surface area contributed by atoms with Crippen LogP contribution in [0.3, 0.4) is 0 Å². The normalized spacial score (nSPS) is 10.8. The minimum atomic E-state index is -0.0901. The fourth-order valence-electron chi connectivity index (χ4n) is 2.43. The maximum absolute atomic E-state index is 12.5. The predicted molar refractivity (Wildman–Crippen MR) is 89.2 cm³/mol. The van der Waals surface area contributed by atoms with Gasteiger partial charge in [0, 0.05) is 30.1 Å². The Hall–Kier alpha value is -2.59. The highest BCUT2D eigenvalue weighted by Crippen LogP contribution is 2.17. The van der Waals surface area contributed by atoms with Gasteiger partial charge in [-0.1, -0.05) is 31.2 Å². The molecule has 0 atom stereocenters. The Morgan fingerprint density at radius 3 is 2.77 bits per heavy atom. The van der Waals surface area contributed by atoms with E-state index in [1.165, 1.54) is 0 Å². The number of nitrogens with zero attached hydrogens (tertiary/aromatic N) is 1. The number of para-hydroxylation sites is 1. The minimum absolute atomic E-state index is 0.0901. The van der Waals surface area contributed by atoms with Crippen LogP contribution >= 0.6 is 0 Å². The summed E-state index contributed by atoms with van der Waals surface area (Å²) in [6, 6.07) is 15.6. The molecule has 1 amide bonds. The minimum Gasteiger partial charge on any atom is -0.323 e. The molecule has 0 bridgehead atoms. The fraction of sp³-hybridized carbons (Fsp3) is 0.167. The number of rotatable bonds is 5. The topological polar surface area (TPSA) is 45.5 Å². The number of fused-ring (bicyclic) bond motifs is 1. The SMILES string of the molecule is CCNCc1ccccc1NC(=O)c1cc2ccccn2c1. The molecular weight excluding hydrogens is 274 g/mol. The molecule has 0 aliphatic carbocycles. The van der Waals surface area contributed by atoms with Crippen LogP contribution in [-0.2, 0) is 6.54 Å². The van der Waals surface area contributed by atoms with Gasteiger partial charge >= 0.3 is 0 Å². The Balaban J connectivity index is 1.82. The average molecular weight is 293 g/mol. The molecule has 3 aromatic rings. The molecule has 2 aromatic heterocycles. The van der Waals surface area contributed by atoms with Crippen molar-refractivity contribution < 1.29 is 4.79 Å². The molecule has 4 nitrogen and oxygen atoms in total. The maximum Gasteiger partial charge on any atom is 0.257 e. The summed E-state index contributed by atoms with van der Waals surface area (Å²) in [5.74, 6) is -0.0901. The number of carbonyl (C=O) groups excluding carboxylic acids is 1. The summed E-state index contributed by atoms with van der Waals surface area (Å²) in [5, 5.41) is 6.29. The average Bonchev–Trinajstić information content (AvgIpc) is 2.98. The van der Waals surface area contributed by atoms with Crippen LogP contribution in [0.5, 0.6) is 0 Å². The van der Waals surface area contributed by atoms with Gasteiger partial charge < -0.3 is 15.0 Å². The van der Waals surface area contributed by atoms with Crippen LogP contribution < -0.4 is 10.6 Å². The first-order valence-electron chi connectivity index (χ1n) is 7.44. The largest absolute Gasteiger partial charge is 0.323 e. The zero-order chi connectivity index (χ0) is 15.4. The Morgan fingerprint density at radius 1 is 1.14 bits per heavy atom. The predicted octanol–water partition coefficient (Wildman–Crippen LogP) is 3.30. The van der Waals surface area contributed by atoms with E-state index in [2.05, 4.69) is 17.6 Å². The highest BCUT2D eigenvalue weighted by molar-refractivity contribution is 6.05. The molecule has 2 N–H and O–H groups in total. The van der Waals surface area contributed by atoms with Gasteiger partial charge in [0.05, 0.1) is 5.56 Å². The summed E-state index contributed by atoms with van der Waals surface area (Å²) in [7, 11) is 0. The summed E-state index contributed by atoms with van der Waals surface area (Å²) < 4.78 is 1.94. The third kappa shape index (κ3) is 3.02. The molecule has 0 spiro atoms. The molecule has 1 aromatic carbocycles. The van der Waals surface area contributed by atoms with E-state index in [-0.39, 0.29) is 5.91 Å². The summed E-state index contributed by atoms with van der Waals surface area (Å²) >= 11 is 0. The lowest BCUT2D eigenvalue weighted by Crippen LogP contribution is -2.16. The molecule has 0 saturated heterocycles. The molecule has 22 heavy (non-hydrogen) atoms. The number of nitrogens with one attached hydrogen (secondary N) is 2. The second kappa shape index (κ2) is 6.45. The van der Waals surface area contributed by atoms with E-state index in [1.54, 1.807) is 0 Å². The Labute approximate surface area is 129 Å². The van der Waals surface area contributed by atoms with Crippen LogP contribution in [0.1, 0.15) is 22.8 Å². The first-order valence-corrected chi connectivity index (χ1v) is 7.44. The molecule has 2 heterocycles. The third-order valence-electron chi connectivity index (χ3n) is 3.60. The number of amides is 1. The Morgan fingerprint density at radius 2 is 1.95 bits per heavy atom. The summed E-state index contributed by atoms with van der Waals surface area (Å²) in [4.78, 5) is 12.5. The van der Waals surface area contributed by atoms with Crippen LogP contribution in [0.2, 0.25) is 0 Å². The number of aromatic nitrogens is 1. The van der Waals surface area contributed by atoms with Crippen LogP contribution in [0.25, 0.3) is 5.52 Å². The van der Waals surface area contributed by atoms with Gasteiger partial charge in [-0.25, -0.2) is 0 Å². The molecule has 3 rings (SSSR count). The van der Waals surface area contributed by atoms with Gasteiger partial charge in [0.2, 0.25) is 0 Å². The number of anilines is 1. The highest BCUT2D eigenvalue weighted by Gasteiger charge is 2.10. The third-order valence-corrected chi connectivity index (χ3v) is 3.60. The van der Waals surface area contributed by atoms with E-state index in [0.717, 1.165) is 29.9 Å². The van der Waals surface area contributed by atoms with Gasteiger partial charge in [0.15, 0.2) is 0 Å². The number of benzene rings is 1. The molecule has 0 unspecified atom stereocenters. The number of hydrogen-bond donors (Lipinski definition) is 2. The van der Waals surface area contributed by atoms with Crippen LogP contribution in [0, 0.1) is 0 Å². The zero-order valence-corrected chi connectivity index (χ0v) is 12.5. The van der Waals surface area contributed by atoms with Crippen molar-refractivity contribution in [2.24, 2.45) is 0 Å². The second-order valence-electron chi connectivity index (χ2n) is 5.15. The van der Waals surface area contributed by atoms with Gasteiger partial charge in [-0.2, -0.15) is 0 Å². The quantitative estimate of drug-likeness (QED) is 0.758. The van der Waals surface area contributed by atoms with Crippen molar-refractivity contribution in [1.82, 2.24) is 9.72 Å². The first kappa shape index (κ1) is 14.4. The lowest BCUT2D eigenvalue weighted by Gasteiger charge is -2.10. The molecule has 0 fully saturated rings. The van der Waals surface area contributed by atoms with Gasteiger partial charge in [-0.05, 0) is 36.4 Å². The van der Waals surface area contributed by atoms with Crippen molar-refractivity contribution in [1.29, 1.82) is 0 Å². The van der Waals surface area contributed by atoms with Crippen LogP contribution in [0.15, 0.2) is 60.9 Å². The van der Waals surface area contributed by atoms with Gasteiger partial charge in [-0.3, -0.25) is 4.79 Å².